The van der Waals surface area contributed by atoms with Gasteiger partial charge in [-0.05, 0) is 5.56 Å². The van der Waals surface area contributed by atoms with Crippen LogP contribution in [0.4, 0.5) is 8.59 Å². The maximum Gasteiger partial charge on any atom is 0.306 e. The first-order valence-electron chi connectivity index (χ1n) is 3.04. The highest BCUT2D eigenvalue weighted by Gasteiger charge is 2.06. The van der Waals surface area contributed by atoms with E-state index < -0.39 is 16.0 Å². The van der Waals surface area contributed by atoms with Crippen LogP contribution in [0.15, 0.2) is 30.3 Å². The van der Waals surface area contributed by atoms with E-state index in [-0.39, 0.29) is 4.70 Å². The molecule has 0 heterocycles. The molecule has 0 aliphatic rings. The minimum Gasteiger partial charge on any atom is -0.269 e. The van der Waals surface area contributed by atoms with Crippen LogP contribution >= 0.6 is 0 Å². The molecular weight excluding hydrogens is 186 g/mol. The number of hydrogen-bond donors (Lipinski definition) is 0. The van der Waals surface area contributed by atoms with E-state index >= 15 is 0 Å². The first-order chi connectivity index (χ1) is 5.08. The Balaban J connectivity index is 0.00000121. The summed E-state index contributed by atoms with van der Waals surface area (Å²) in [6, 6.07) is 8.21. The molecule has 0 N–H and O–H groups in total. The second-order valence-electron chi connectivity index (χ2n) is 2.17. The van der Waals surface area contributed by atoms with Crippen LogP contribution in [0.25, 0.3) is 0 Å². The Morgan fingerprint density at radius 3 is 2.08 bits per heavy atom. The molecule has 2 nitrogen and oxygen atoms in total. The Labute approximate surface area is 69.6 Å². The highest BCUT2D eigenvalue weighted by Crippen LogP contribution is 2.05. The van der Waals surface area contributed by atoms with Gasteiger partial charge in [0.15, 0.2) is 0 Å². The molecule has 0 radical (unpaired) electrons. The lowest BCUT2D eigenvalue weighted by atomic mass is 10.2. The Kier molecular flexibility index (Phi) is 3.82. The smallest absolute Gasteiger partial charge is 0.269 e. The Morgan fingerprint density at radius 1 is 1.17 bits per heavy atom. The van der Waals surface area contributed by atoms with Gasteiger partial charge in [-0.25, -0.2) is 0 Å². The van der Waals surface area contributed by atoms with Crippen molar-refractivity contribution in [3.8, 4) is 0 Å². The third kappa shape index (κ3) is 4.02. The SMILES string of the molecule is F.O=S(=O)(F)Cc1ccccc1. The zero-order chi connectivity index (χ0) is 8.32. The van der Waals surface area contributed by atoms with Crippen LogP contribution in [-0.2, 0) is 16.0 Å². The summed E-state index contributed by atoms with van der Waals surface area (Å²) >= 11 is 0. The second-order valence-corrected chi connectivity index (χ2v) is 3.54. The molecule has 1 aromatic rings. The molecule has 0 amide bonds. The minimum absolute atomic E-state index is 0. The summed E-state index contributed by atoms with van der Waals surface area (Å²) in [5.74, 6) is -0.534. The summed E-state index contributed by atoms with van der Waals surface area (Å²) in [5.41, 5.74) is 0.468. The van der Waals surface area contributed by atoms with Crippen molar-refractivity contribution in [2.45, 2.75) is 5.75 Å². The van der Waals surface area contributed by atoms with Crippen LogP contribution < -0.4 is 0 Å². The topological polar surface area (TPSA) is 34.1 Å². The molecule has 0 aliphatic carbocycles. The van der Waals surface area contributed by atoms with Gasteiger partial charge in [-0.15, -0.1) is 3.89 Å². The van der Waals surface area contributed by atoms with Gasteiger partial charge < -0.3 is 0 Å². The van der Waals surface area contributed by atoms with E-state index in [1.165, 1.54) is 0 Å². The zero-order valence-electron chi connectivity index (χ0n) is 6.10. The maximum atomic E-state index is 12.0. The van der Waals surface area contributed by atoms with Gasteiger partial charge in [-0.1, -0.05) is 30.3 Å². The summed E-state index contributed by atoms with van der Waals surface area (Å²) in [4.78, 5) is 0. The normalized spacial score (nSPS) is 10.4. The van der Waals surface area contributed by atoms with Crippen molar-refractivity contribution in [3.05, 3.63) is 35.9 Å². The summed E-state index contributed by atoms with van der Waals surface area (Å²) < 4.78 is 32.3. The predicted octanol–water partition coefficient (Wildman–Crippen LogP) is 1.64. The molecule has 0 bridgehead atoms. The molecule has 0 spiro atoms. The predicted molar refractivity (Wildman–Crippen MR) is 42.7 cm³/mol. The molecule has 0 fully saturated rings. The van der Waals surface area contributed by atoms with Crippen molar-refractivity contribution < 1.29 is 17.0 Å². The molecule has 0 aromatic heterocycles. The number of benzene rings is 1. The summed E-state index contributed by atoms with van der Waals surface area (Å²) in [7, 11) is -4.38. The van der Waals surface area contributed by atoms with E-state index in [4.69, 9.17) is 0 Å². The van der Waals surface area contributed by atoms with Gasteiger partial charge >= 0.3 is 10.2 Å². The van der Waals surface area contributed by atoms with Gasteiger partial charge in [0.2, 0.25) is 0 Å². The van der Waals surface area contributed by atoms with E-state index in [1.807, 2.05) is 0 Å². The highest BCUT2D eigenvalue weighted by molar-refractivity contribution is 7.85. The summed E-state index contributed by atoms with van der Waals surface area (Å²) in [6.45, 7) is 0. The fourth-order valence-electron chi connectivity index (χ4n) is 0.773. The monoisotopic (exact) mass is 194 g/mol. The van der Waals surface area contributed by atoms with Gasteiger partial charge in [-0.2, -0.15) is 8.42 Å². The van der Waals surface area contributed by atoms with Crippen molar-refractivity contribution in [2.75, 3.05) is 0 Å². The van der Waals surface area contributed by atoms with Gasteiger partial charge in [0.1, 0.15) is 5.75 Å². The van der Waals surface area contributed by atoms with Crippen molar-refractivity contribution >= 4 is 10.2 Å². The van der Waals surface area contributed by atoms with Crippen LogP contribution in [0.3, 0.4) is 0 Å². The minimum atomic E-state index is -4.38. The first-order valence-corrected chi connectivity index (χ1v) is 4.59. The molecule has 0 saturated carbocycles. The van der Waals surface area contributed by atoms with E-state index in [9.17, 15) is 12.3 Å². The highest BCUT2D eigenvalue weighted by atomic mass is 32.3. The van der Waals surface area contributed by atoms with E-state index in [0.29, 0.717) is 5.56 Å². The Hall–Kier alpha value is -0.970. The molecule has 5 heteroatoms. The molecular formula is C7H8F2O2S. The standard InChI is InChI=1S/C7H7FO2S.FH/c8-11(9,10)6-7-4-2-1-3-5-7;/h1-5H,6H2;1H. The third-order valence-electron chi connectivity index (χ3n) is 1.18. The fourth-order valence-corrected chi connectivity index (χ4v) is 1.36. The van der Waals surface area contributed by atoms with Crippen molar-refractivity contribution in [1.82, 2.24) is 0 Å². The van der Waals surface area contributed by atoms with Crippen LogP contribution in [0, 0.1) is 0 Å². The third-order valence-corrected chi connectivity index (χ3v) is 1.86. The zero-order valence-corrected chi connectivity index (χ0v) is 6.92. The van der Waals surface area contributed by atoms with Gasteiger partial charge in [0, 0.05) is 0 Å². The quantitative estimate of drug-likeness (QED) is 0.671. The van der Waals surface area contributed by atoms with Crippen molar-refractivity contribution in [2.24, 2.45) is 0 Å². The van der Waals surface area contributed by atoms with Gasteiger partial charge in [-0.3, -0.25) is 4.70 Å². The first kappa shape index (κ1) is 11.0. The Morgan fingerprint density at radius 2 is 1.67 bits per heavy atom. The average molecular weight is 194 g/mol. The maximum absolute atomic E-state index is 12.0. The van der Waals surface area contributed by atoms with Crippen LogP contribution in [0.5, 0.6) is 0 Å². The lowest BCUT2D eigenvalue weighted by Gasteiger charge is -1.93. The van der Waals surface area contributed by atoms with Crippen LogP contribution in [-0.4, -0.2) is 8.42 Å². The molecule has 0 saturated heterocycles. The van der Waals surface area contributed by atoms with Crippen molar-refractivity contribution in [1.29, 1.82) is 0 Å². The molecule has 0 aliphatic heterocycles. The molecule has 0 atom stereocenters. The van der Waals surface area contributed by atoms with Gasteiger partial charge in [0.05, 0.1) is 0 Å². The fraction of sp³-hybridized carbons (Fsp3) is 0.143. The summed E-state index contributed by atoms with van der Waals surface area (Å²) in [5, 5.41) is 0. The molecule has 1 aromatic carbocycles. The average Bonchev–Trinajstić information content (AvgIpc) is 1.85. The molecule has 12 heavy (non-hydrogen) atoms. The van der Waals surface area contributed by atoms with Gasteiger partial charge in [0.25, 0.3) is 0 Å². The number of halogens is 2. The van der Waals surface area contributed by atoms with Crippen molar-refractivity contribution in [3.63, 3.8) is 0 Å². The van der Waals surface area contributed by atoms with E-state index in [2.05, 4.69) is 0 Å². The largest absolute Gasteiger partial charge is 0.306 e. The molecule has 0 unspecified atom stereocenters. The van der Waals surface area contributed by atoms with Crippen LogP contribution in [0.2, 0.25) is 0 Å². The van der Waals surface area contributed by atoms with E-state index in [1.54, 1.807) is 30.3 Å². The Bertz CT molecular complexity index is 321. The number of rotatable bonds is 2. The van der Waals surface area contributed by atoms with Crippen LogP contribution in [0.1, 0.15) is 5.56 Å². The summed E-state index contributed by atoms with van der Waals surface area (Å²) in [6.07, 6.45) is 0. The second kappa shape index (κ2) is 4.15. The lowest BCUT2D eigenvalue weighted by Crippen LogP contribution is -1.94. The molecule has 1 rings (SSSR count). The molecule has 68 valence electrons. The lowest BCUT2D eigenvalue weighted by molar-refractivity contribution is 0.551. The number of hydrogen-bond acceptors (Lipinski definition) is 2. The van der Waals surface area contributed by atoms with E-state index in [0.717, 1.165) is 0 Å².